The monoisotopic (exact) mass is 497 g/mol. The highest BCUT2D eigenvalue weighted by Crippen LogP contribution is 2.40. The standard InChI is InChI=1S/C32H36ClN3/c1-2-28(33)13-12-27-23-34-18-14-31(27)35-17-7-19-36-20-15-24(16-21-36)32-29-10-5-3-8-25(29)22-26-9-4-6-11-30(26)32/h3-6,8-14,18,35H,2,7,15-17,19-23H2,1H3/b27-12+,28-13+. The van der Waals surface area contributed by atoms with E-state index in [2.05, 4.69) is 82.8 Å². The molecule has 1 fully saturated rings. The van der Waals surface area contributed by atoms with Crippen molar-refractivity contribution >= 4 is 23.4 Å². The molecule has 2 aromatic carbocycles. The highest BCUT2D eigenvalue weighted by atomic mass is 35.5. The molecular formula is C32H36ClN3. The number of nitrogens with one attached hydrogen (secondary N) is 1. The van der Waals surface area contributed by atoms with Gasteiger partial charge in [0.25, 0.3) is 0 Å². The van der Waals surface area contributed by atoms with Gasteiger partial charge >= 0.3 is 0 Å². The van der Waals surface area contributed by atoms with E-state index in [9.17, 15) is 0 Å². The molecule has 2 heterocycles. The normalized spacial score (nSPS) is 19.2. The Morgan fingerprint density at radius 3 is 2.42 bits per heavy atom. The summed E-state index contributed by atoms with van der Waals surface area (Å²) in [6.45, 7) is 7.16. The van der Waals surface area contributed by atoms with E-state index in [1.807, 2.05) is 12.3 Å². The van der Waals surface area contributed by atoms with Crippen molar-refractivity contribution in [3.8, 4) is 0 Å². The summed E-state index contributed by atoms with van der Waals surface area (Å²) < 4.78 is 0. The minimum Gasteiger partial charge on any atom is -0.385 e. The smallest absolute Gasteiger partial charge is 0.0659 e. The SMILES string of the molecule is CC/C(Cl)=C\C=C1/CN=CC=C1NCCCN1CCC(=C2c3ccccc3Cc3ccccc32)CC1. The Balaban J connectivity index is 1.17. The molecule has 0 aromatic heterocycles. The molecule has 1 N–H and O–H groups in total. The van der Waals surface area contributed by atoms with Gasteiger partial charge in [0, 0.05) is 36.6 Å². The van der Waals surface area contributed by atoms with Crippen LogP contribution in [0.3, 0.4) is 0 Å². The van der Waals surface area contributed by atoms with E-state index >= 15 is 0 Å². The summed E-state index contributed by atoms with van der Waals surface area (Å²) in [5, 5.41) is 4.50. The molecule has 5 rings (SSSR count). The van der Waals surface area contributed by atoms with Crippen molar-refractivity contribution in [2.45, 2.75) is 39.0 Å². The second kappa shape index (κ2) is 11.9. The van der Waals surface area contributed by atoms with Crippen molar-refractivity contribution in [1.82, 2.24) is 10.2 Å². The molecule has 3 nitrogen and oxygen atoms in total. The summed E-state index contributed by atoms with van der Waals surface area (Å²) in [4.78, 5) is 7.02. The molecule has 1 saturated heterocycles. The van der Waals surface area contributed by atoms with E-state index in [-0.39, 0.29) is 0 Å². The Kier molecular flexibility index (Phi) is 8.20. The molecule has 0 bridgehead atoms. The van der Waals surface area contributed by atoms with Gasteiger partial charge in [0.2, 0.25) is 0 Å². The molecule has 2 aromatic rings. The molecule has 36 heavy (non-hydrogen) atoms. The van der Waals surface area contributed by atoms with E-state index in [1.165, 1.54) is 39.1 Å². The van der Waals surface area contributed by atoms with Crippen LogP contribution in [0.2, 0.25) is 0 Å². The summed E-state index contributed by atoms with van der Waals surface area (Å²) in [5.41, 5.74) is 11.3. The second-order valence-corrected chi connectivity index (χ2v) is 10.3. The Bertz CT molecular complexity index is 1190. The van der Waals surface area contributed by atoms with Gasteiger partial charge in [0.05, 0.1) is 6.54 Å². The number of piperidine rings is 1. The lowest BCUT2D eigenvalue weighted by atomic mass is 9.78. The van der Waals surface area contributed by atoms with Crippen molar-refractivity contribution in [2.24, 2.45) is 4.99 Å². The molecule has 0 radical (unpaired) electrons. The fourth-order valence-corrected chi connectivity index (χ4v) is 5.55. The first-order valence-corrected chi connectivity index (χ1v) is 13.7. The van der Waals surface area contributed by atoms with Gasteiger partial charge in [-0.1, -0.05) is 78.7 Å². The summed E-state index contributed by atoms with van der Waals surface area (Å²) >= 11 is 6.18. The van der Waals surface area contributed by atoms with E-state index < -0.39 is 0 Å². The van der Waals surface area contributed by atoms with Crippen LogP contribution in [0, 0.1) is 0 Å². The number of allylic oxidation sites excluding steroid dienone is 4. The zero-order chi connectivity index (χ0) is 24.7. The average molecular weight is 498 g/mol. The Hall–Kier alpha value is -2.88. The molecule has 1 aliphatic carbocycles. The maximum absolute atomic E-state index is 6.18. The highest BCUT2D eigenvalue weighted by molar-refractivity contribution is 6.29. The lowest BCUT2D eigenvalue weighted by Crippen LogP contribution is -2.33. The van der Waals surface area contributed by atoms with Crippen LogP contribution in [0.5, 0.6) is 0 Å². The van der Waals surface area contributed by atoms with Crippen molar-refractivity contribution in [1.29, 1.82) is 0 Å². The molecule has 0 spiro atoms. The predicted octanol–water partition coefficient (Wildman–Crippen LogP) is 6.90. The van der Waals surface area contributed by atoms with E-state index in [0.29, 0.717) is 6.54 Å². The molecule has 0 atom stereocenters. The average Bonchev–Trinajstić information content (AvgIpc) is 2.93. The number of hydrogen-bond donors (Lipinski definition) is 1. The van der Waals surface area contributed by atoms with Crippen LogP contribution in [-0.4, -0.2) is 43.8 Å². The molecule has 2 aliphatic heterocycles. The number of nitrogens with zero attached hydrogens (tertiary/aromatic N) is 2. The van der Waals surface area contributed by atoms with Crippen molar-refractivity contribution in [3.63, 3.8) is 0 Å². The van der Waals surface area contributed by atoms with Crippen molar-refractivity contribution < 1.29 is 0 Å². The van der Waals surface area contributed by atoms with Crippen LogP contribution in [0.25, 0.3) is 5.57 Å². The predicted molar refractivity (Wildman–Crippen MR) is 154 cm³/mol. The minimum atomic E-state index is 0.707. The van der Waals surface area contributed by atoms with E-state index in [1.54, 1.807) is 5.57 Å². The number of aliphatic imine (C=N–C) groups is 1. The highest BCUT2D eigenvalue weighted by Gasteiger charge is 2.24. The van der Waals surface area contributed by atoms with Gasteiger partial charge in [0.15, 0.2) is 0 Å². The molecule has 0 unspecified atom stereocenters. The number of benzene rings is 2. The van der Waals surface area contributed by atoms with Crippen molar-refractivity contribution in [3.05, 3.63) is 111 Å². The molecule has 4 heteroatoms. The summed E-state index contributed by atoms with van der Waals surface area (Å²) in [6, 6.07) is 18.0. The molecular weight excluding hydrogens is 462 g/mol. The third kappa shape index (κ3) is 5.74. The zero-order valence-electron chi connectivity index (χ0n) is 21.3. The fraction of sp³-hybridized carbons (Fsp3) is 0.344. The molecule has 3 aliphatic rings. The number of halogens is 1. The first-order chi connectivity index (χ1) is 17.7. The lowest BCUT2D eigenvalue weighted by Gasteiger charge is -2.32. The van der Waals surface area contributed by atoms with E-state index in [4.69, 9.17) is 11.6 Å². The Labute approximate surface area is 221 Å². The second-order valence-electron chi connectivity index (χ2n) is 9.82. The van der Waals surface area contributed by atoms with Crippen LogP contribution >= 0.6 is 11.6 Å². The van der Waals surface area contributed by atoms with Crippen LogP contribution < -0.4 is 5.32 Å². The number of dihydropyridines is 1. The fourth-order valence-electron chi connectivity index (χ4n) is 5.48. The van der Waals surface area contributed by atoms with Crippen molar-refractivity contribution in [2.75, 3.05) is 32.7 Å². The number of likely N-dealkylation sites (tertiary alicyclic amines) is 1. The van der Waals surface area contributed by atoms with Crippen LogP contribution in [0.4, 0.5) is 0 Å². The third-order valence-corrected chi connectivity index (χ3v) is 7.88. The van der Waals surface area contributed by atoms with Gasteiger partial charge in [-0.05, 0) is 84.2 Å². The molecule has 186 valence electrons. The van der Waals surface area contributed by atoms with Crippen LogP contribution in [0.1, 0.15) is 54.9 Å². The number of rotatable bonds is 7. The Morgan fingerprint density at radius 2 is 1.72 bits per heavy atom. The first-order valence-electron chi connectivity index (χ1n) is 13.3. The first kappa shape index (κ1) is 24.8. The van der Waals surface area contributed by atoms with Gasteiger partial charge in [-0.3, -0.25) is 4.99 Å². The maximum Gasteiger partial charge on any atom is 0.0659 e. The van der Waals surface area contributed by atoms with Gasteiger partial charge in [-0.2, -0.15) is 0 Å². The number of hydrogen-bond acceptors (Lipinski definition) is 3. The summed E-state index contributed by atoms with van der Waals surface area (Å²) in [6.07, 6.45) is 13.4. The zero-order valence-corrected chi connectivity index (χ0v) is 22.0. The van der Waals surface area contributed by atoms with Gasteiger partial charge in [0.1, 0.15) is 0 Å². The minimum absolute atomic E-state index is 0.707. The van der Waals surface area contributed by atoms with Crippen LogP contribution in [0.15, 0.2) is 93.6 Å². The quantitative estimate of drug-likeness (QED) is 0.360. The molecule has 0 saturated carbocycles. The third-order valence-electron chi connectivity index (χ3n) is 7.49. The number of fused-ring (bicyclic) bond motifs is 2. The molecule has 0 amide bonds. The van der Waals surface area contributed by atoms with Crippen LogP contribution in [-0.2, 0) is 6.42 Å². The van der Waals surface area contributed by atoms with Gasteiger partial charge in [-0.15, -0.1) is 0 Å². The Morgan fingerprint density at radius 1 is 1.03 bits per heavy atom. The maximum atomic E-state index is 6.18. The van der Waals surface area contributed by atoms with E-state index in [0.717, 1.165) is 63.3 Å². The topological polar surface area (TPSA) is 27.6 Å². The largest absolute Gasteiger partial charge is 0.385 e. The van der Waals surface area contributed by atoms with Gasteiger partial charge in [-0.25, -0.2) is 0 Å². The summed E-state index contributed by atoms with van der Waals surface area (Å²) in [7, 11) is 0. The van der Waals surface area contributed by atoms with Gasteiger partial charge < -0.3 is 10.2 Å². The lowest BCUT2D eigenvalue weighted by molar-refractivity contribution is 0.254. The summed E-state index contributed by atoms with van der Waals surface area (Å²) in [5.74, 6) is 0.